The average Bonchev–Trinajstić information content (AvgIpc) is 3.13. The van der Waals surface area contributed by atoms with Gasteiger partial charge in [-0.25, -0.2) is 4.39 Å². The minimum absolute atomic E-state index is 0.0413. The van der Waals surface area contributed by atoms with E-state index in [0.717, 1.165) is 38.6 Å². The van der Waals surface area contributed by atoms with Gasteiger partial charge in [-0.2, -0.15) is 5.10 Å². The molecular formula is C25H19FN4O. The molecule has 5 rings (SSSR count). The van der Waals surface area contributed by atoms with E-state index in [9.17, 15) is 9.18 Å². The first-order valence-corrected chi connectivity index (χ1v) is 9.95. The van der Waals surface area contributed by atoms with Gasteiger partial charge in [-0.15, -0.1) is 0 Å². The second-order valence-electron chi connectivity index (χ2n) is 7.47. The number of rotatable bonds is 4. The molecule has 3 aromatic carbocycles. The third-order valence-electron chi connectivity index (χ3n) is 5.20. The van der Waals surface area contributed by atoms with Crippen LogP contribution in [0.4, 0.5) is 10.1 Å². The zero-order valence-corrected chi connectivity index (χ0v) is 16.8. The predicted molar refractivity (Wildman–Crippen MR) is 120 cm³/mol. The van der Waals surface area contributed by atoms with Crippen molar-refractivity contribution >= 4 is 33.4 Å². The molecule has 152 valence electrons. The summed E-state index contributed by atoms with van der Waals surface area (Å²) in [6.45, 7) is 2.06. The molecule has 0 aliphatic heterocycles. The lowest BCUT2D eigenvalue weighted by Crippen LogP contribution is -2.19. The van der Waals surface area contributed by atoms with Gasteiger partial charge in [-0.1, -0.05) is 29.8 Å². The summed E-state index contributed by atoms with van der Waals surface area (Å²) < 4.78 is 15.2. The van der Waals surface area contributed by atoms with Crippen LogP contribution in [-0.4, -0.2) is 20.7 Å². The van der Waals surface area contributed by atoms with Crippen LogP contribution < -0.4 is 5.32 Å². The number of amides is 1. The molecule has 2 heterocycles. The van der Waals surface area contributed by atoms with E-state index in [0.29, 0.717) is 5.69 Å². The second-order valence-corrected chi connectivity index (χ2v) is 7.47. The summed E-state index contributed by atoms with van der Waals surface area (Å²) in [6, 6.07) is 21.5. The van der Waals surface area contributed by atoms with Crippen LogP contribution in [0.25, 0.3) is 33.1 Å². The Hall–Kier alpha value is -4.06. The summed E-state index contributed by atoms with van der Waals surface area (Å²) in [4.78, 5) is 17.4. The molecule has 0 spiro atoms. The summed E-state index contributed by atoms with van der Waals surface area (Å²) in [6.07, 6.45) is 1.77. The highest BCUT2D eigenvalue weighted by molar-refractivity contribution is 6.08. The number of carbonyl (C=O) groups excluding carboxylic acids is 1. The van der Waals surface area contributed by atoms with Gasteiger partial charge in [-0.05, 0) is 55.5 Å². The number of hydrogen-bond acceptors (Lipinski definition) is 3. The fourth-order valence-electron chi connectivity index (χ4n) is 3.76. The first kappa shape index (κ1) is 18.9. The van der Waals surface area contributed by atoms with Crippen molar-refractivity contribution in [2.45, 2.75) is 13.5 Å². The topological polar surface area (TPSA) is 59.8 Å². The van der Waals surface area contributed by atoms with Gasteiger partial charge < -0.3 is 5.32 Å². The van der Waals surface area contributed by atoms with Crippen LogP contribution in [0.1, 0.15) is 5.56 Å². The summed E-state index contributed by atoms with van der Waals surface area (Å²) in [5.74, 6) is -0.493. The van der Waals surface area contributed by atoms with Gasteiger partial charge in [-0.3, -0.25) is 14.5 Å². The number of aryl methyl sites for hydroxylation is 1. The summed E-state index contributed by atoms with van der Waals surface area (Å²) in [7, 11) is 0. The first-order chi connectivity index (χ1) is 15.1. The highest BCUT2D eigenvalue weighted by Gasteiger charge is 2.18. The molecule has 5 aromatic rings. The zero-order valence-electron chi connectivity index (χ0n) is 16.8. The van der Waals surface area contributed by atoms with Crippen LogP contribution in [0, 0.1) is 12.7 Å². The number of pyridine rings is 1. The standard InChI is InChI=1S/C25H19FN4O/c1-16-7-12-22-20(13-16)25-21(14-27-22)24(17-8-10-18(26)11-9-17)29-30(25)15-23(31)28-19-5-3-2-4-6-19/h2-14H,15H2,1H3,(H,28,31). The number of carbonyl (C=O) groups is 1. The van der Waals surface area contributed by atoms with Crippen LogP contribution in [-0.2, 0) is 11.3 Å². The Morgan fingerprint density at radius 1 is 1.00 bits per heavy atom. The maximum Gasteiger partial charge on any atom is 0.246 e. The number of benzene rings is 3. The van der Waals surface area contributed by atoms with Crippen LogP contribution in [0.2, 0.25) is 0 Å². The van der Waals surface area contributed by atoms with Crippen LogP contribution >= 0.6 is 0 Å². The third kappa shape index (κ3) is 3.64. The quantitative estimate of drug-likeness (QED) is 0.435. The van der Waals surface area contributed by atoms with E-state index in [1.54, 1.807) is 23.0 Å². The molecule has 0 saturated heterocycles. The van der Waals surface area contributed by atoms with Gasteiger partial charge in [0.05, 0.1) is 11.0 Å². The Balaban J connectivity index is 1.66. The first-order valence-electron chi connectivity index (χ1n) is 9.95. The molecule has 6 heteroatoms. The van der Waals surface area contributed by atoms with E-state index < -0.39 is 0 Å². The molecule has 0 bridgehead atoms. The maximum atomic E-state index is 13.5. The lowest BCUT2D eigenvalue weighted by molar-refractivity contribution is -0.116. The van der Waals surface area contributed by atoms with Gasteiger partial charge >= 0.3 is 0 Å². The van der Waals surface area contributed by atoms with Crippen molar-refractivity contribution in [1.29, 1.82) is 0 Å². The average molecular weight is 410 g/mol. The van der Waals surface area contributed by atoms with Crippen molar-refractivity contribution in [3.8, 4) is 11.3 Å². The fraction of sp³-hybridized carbons (Fsp3) is 0.0800. The predicted octanol–water partition coefficient (Wildman–Crippen LogP) is 5.34. The Kier molecular flexibility index (Phi) is 4.67. The van der Waals surface area contributed by atoms with E-state index in [1.807, 2.05) is 55.5 Å². The Bertz CT molecular complexity index is 1410. The minimum atomic E-state index is -0.311. The molecule has 2 aromatic heterocycles. The van der Waals surface area contributed by atoms with E-state index in [1.165, 1.54) is 12.1 Å². The lowest BCUT2D eigenvalue weighted by Gasteiger charge is -2.08. The molecule has 0 aliphatic rings. The van der Waals surface area contributed by atoms with Crippen LogP contribution in [0.3, 0.4) is 0 Å². The van der Waals surface area contributed by atoms with Gasteiger partial charge in [0.25, 0.3) is 0 Å². The molecule has 5 nitrogen and oxygen atoms in total. The smallest absolute Gasteiger partial charge is 0.246 e. The molecule has 31 heavy (non-hydrogen) atoms. The van der Waals surface area contributed by atoms with Crippen molar-refractivity contribution < 1.29 is 9.18 Å². The number of hydrogen-bond donors (Lipinski definition) is 1. The number of fused-ring (bicyclic) bond motifs is 3. The monoisotopic (exact) mass is 410 g/mol. The Morgan fingerprint density at radius 2 is 1.77 bits per heavy atom. The van der Waals surface area contributed by atoms with Crippen LogP contribution in [0.15, 0.2) is 79.0 Å². The number of halogens is 1. The van der Waals surface area contributed by atoms with Crippen molar-refractivity contribution in [1.82, 2.24) is 14.8 Å². The molecule has 0 unspecified atom stereocenters. The SMILES string of the molecule is Cc1ccc2ncc3c(-c4ccc(F)cc4)nn(CC(=O)Nc4ccccc4)c3c2c1. The van der Waals surface area contributed by atoms with Crippen molar-refractivity contribution in [3.63, 3.8) is 0 Å². The van der Waals surface area contributed by atoms with E-state index in [2.05, 4.69) is 10.3 Å². The Morgan fingerprint density at radius 3 is 2.55 bits per heavy atom. The fourth-order valence-corrected chi connectivity index (χ4v) is 3.76. The molecule has 0 aliphatic carbocycles. The van der Waals surface area contributed by atoms with Gasteiger partial charge in [0.15, 0.2) is 0 Å². The van der Waals surface area contributed by atoms with Crippen molar-refractivity contribution in [3.05, 3.63) is 90.4 Å². The number of nitrogens with zero attached hydrogens (tertiary/aromatic N) is 3. The van der Waals surface area contributed by atoms with Gasteiger partial charge in [0.2, 0.25) is 5.91 Å². The highest BCUT2D eigenvalue weighted by atomic mass is 19.1. The van der Waals surface area contributed by atoms with E-state index >= 15 is 0 Å². The highest BCUT2D eigenvalue weighted by Crippen LogP contribution is 2.32. The second kappa shape index (κ2) is 7.65. The summed E-state index contributed by atoms with van der Waals surface area (Å²) in [5.41, 5.74) is 4.90. The Labute approximate surface area is 178 Å². The van der Waals surface area contributed by atoms with Gasteiger partial charge in [0.1, 0.15) is 18.1 Å². The largest absolute Gasteiger partial charge is 0.324 e. The normalized spacial score (nSPS) is 11.2. The zero-order chi connectivity index (χ0) is 21.4. The van der Waals surface area contributed by atoms with Crippen molar-refractivity contribution in [2.75, 3.05) is 5.32 Å². The molecule has 1 amide bonds. The molecule has 0 atom stereocenters. The third-order valence-corrected chi connectivity index (χ3v) is 5.20. The summed E-state index contributed by atoms with van der Waals surface area (Å²) in [5, 5.41) is 9.39. The summed E-state index contributed by atoms with van der Waals surface area (Å²) >= 11 is 0. The van der Waals surface area contributed by atoms with Crippen LogP contribution in [0.5, 0.6) is 0 Å². The maximum absolute atomic E-state index is 13.5. The number of para-hydroxylation sites is 1. The van der Waals surface area contributed by atoms with Crippen molar-refractivity contribution in [2.24, 2.45) is 0 Å². The number of nitrogens with one attached hydrogen (secondary N) is 1. The number of aromatic nitrogens is 3. The van der Waals surface area contributed by atoms with E-state index in [4.69, 9.17) is 5.10 Å². The molecule has 0 fully saturated rings. The van der Waals surface area contributed by atoms with Gasteiger partial charge in [0, 0.05) is 28.2 Å². The van der Waals surface area contributed by atoms with E-state index in [-0.39, 0.29) is 18.3 Å². The molecule has 1 N–H and O–H groups in total. The lowest BCUT2D eigenvalue weighted by atomic mass is 10.1. The minimum Gasteiger partial charge on any atom is -0.324 e. The molecular weight excluding hydrogens is 391 g/mol. The number of anilines is 1. The molecule has 0 radical (unpaired) electrons. The molecule has 0 saturated carbocycles.